The Hall–Kier alpha value is -5.81. The fourth-order valence-corrected chi connectivity index (χ4v) is 8.44. The standard InChI is InChI=1S/C58H68N4O/c1-54(2,3)39-22-20-38(21-23-39)49-35-53(59-36-50(49)58(13,14)15)62-51-19-17-16-18-47(51)48-25-24-45(34-52(48)62)63-46-32-42(57(10,11)12)31-44(33-46)61-27-26-60(37-61)43-29-40(55(4,5)6)28-41(30-43)56(7,8)9/h16-36H,37H2,1-15H3/i26D,27D. The normalized spacial score (nSPS) is 14.8. The maximum atomic E-state index is 9.31. The Labute approximate surface area is 380 Å². The predicted octanol–water partition coefficient (Wildman–Crippen LogP) is 15.9. The quantitative estimate of drug-likeness (QED) is 0.167. The van der Waals surface area contributed by atoms with Gasteiger partial charge >= 0.3 is 0 Å². The van der Waals surface area contributed by atoms with E-state index >= 15 is 0 Å². The summed E-state index contributed by atoms with van der Waals surface area (Å²) in [5.41, 5.74) is 11.7. The number of pyridine rings is 1. The molecule has 0 saturated heterocycles. The second-order valence-electron chi connectivity index (χ2n) is 22.8. The third-order valence-electron chi connectivity index (χ3n) is 12.5. The van der Waals surface area contributed by atoms with E-state index in [0.717, 1.165) is 44.6 Å². The van der Waals surface area contributed by atoms with Crippen molar-refractivity contribution in [2.24, 2.45) is 0 Å². The van der Waals surface area contributed by atoms with Gasteiger partial charge in [0, 0.05) is 52.8 Å². The van der Waals surface area contributed by atoms with E-state index in [-0.39, 0.29) is 39.4 Å². The van der Waals surface area contributed by atoms with Crippen molar-refractivity contribution < 1.29 is 7.48 Å². The molecule has 2 aromatic heterocycles. The predicted molar refractivity (Wildman–Crippen MR) is 269 cm³/mol. The van der Waals surface area contributed by atoms with Crippen LogP contribution in [-0.2, 0) is 27.1 Å². The van der Waals surface area contributed by atoms with Crippen molar-refractivity contribution in [1.82, 2.24) is 9.55 Å². The van der Waals surface area contributed by atoms with E-state index in [9.17, 15) is 2.74 Å². The first-order valence-electron chi connectivity index (χ1n) is 23.6. The minimum atomic E-state index is -0.210. The van der Waals surface area contributed by atoms with Crippen LogP contribution in [0.1, 0.15) is 134 Å². The van der Waals surface area contributed by atoms with Crippen LogP contribution in [0, 0.1) is 0 Å². The lowest BCUT2D eigenvalue weighted by Crippen LogP contribution is -2.26. The van der Waals surface area contributed by atoms with E-state index in [0.29, 0.717) is 18.2 Å². The highest BCUT2D eigenvalue weighted by molar-refractivity contribution is 6.09. The van der Waals surface area contributed by atoms with Gasteiger partial charge in [-0.2, -0.15) is 0 Å². The molecule has 8 rings (SSSR count). The molecule has 5 nitrogen and oxygen atoms in total. The Bertz CT molecular complexity index is 2940. The molecule has 1 aliphatic rings. The fourth-order valence-electron chi connectivity index (χ4n) is 8.44. The molecule has 0 atom stereocenters. The summed E-state index contributed by atoms with van der Waals surface area (Å²) in [6, 6.07) is 39.1. The zero-order valence-electron chi connectivity index (χ0n) is 42.4. The number of hydrogen-bond donors (Lipinski definition) is 0. The third-order valence-corrected chi connectivity index (χ3v) is 12.5. The average Bonchev–Trinajstić information content (AvgIpc) is 3.71. The lowest BCUT2D eigenvalue weighted by atomic mass is 9.80. The van der Waals surface area contributed by atoms with Crippen molar-refractivity contribution in [1.29, 1.82) is 0 Å². The van der Waals surface area contributed by atoms with Gasteiger partial charge in [-0.15, -0.1) is 0 Å². The van der Waals surface area contributed by atoms with E-state index < -0.39 is 0 Å². The van der Waals surface area contributed by atoms with Crippen LogP contribution in [0.4, 0.5) is 11.4 Å². The van der Waals surface area contributed by atoms with Gasteiger partial charge in [0.1, 0.15) is 17.3 Å². The van der Waals surface area contributed by atoms with Gasteiger partial charge in [0.05, 0.1) is 20.4 Å². The highest BCUT2D eigenvalue weighted by Gasteiger charge is 2.27. The van der Waals surface area contributed by atoms with Crippen LogP contribution in [0.15, 0.2) is 128 Å². The first-order chi connectivity index (χ1) is 30.2. The second-order valence-corrected chi connectivity index (χ2v) is 22.8. The molecule has 0 aliphatic carbocycles. The zero-order chi connectivity index (χ0) is 47.2. The smallest absolute Gasteiger partial charge is 0.138 e. The molecular weight excluding hydrogens is 769 g/mol. The summed E-state index contributed by atoms with van der Waals surface area (Å²) in [5, 5.41) is 2.26. The summed E-state index contributed by atoms with van der Waals surface area (Å²) in [4.78, 5) is 9.07. The van der Waals surface area contributed by atoms with Gasteiger partial charge in [-0.1, -0.05) is 152 Å². The first-order valence-corrected chi connectivity index (χ1v) is 22.6. The summed E-state index contributed by atoms with van der Waals surface area (Å²) in [6.45, 7) is 33.8. The molecule has 0 radical (unpaired) electrons. The van der Waals surface area contributed by atoms with Gasteiger partial charge in [-0.25, -0.2) is 4.98 Å². The molecule has 0 unspecified atom stereocenters. The molecule has 3 heterocycles. The van der Waals surface area contributed by atoms with E-state index in [1.165, 1.54) is 33.4 Å². The van der Waals surface area contributed by atoms with E-state index in [1.807, 2.05) is 21.9 Å². The van der Waals surface area contributed by atoms with Crippen molar-refractivity contribution in [3.63, 3.8) is 0 Å². The Balaban J connectivity index is 1.21. The number of nitrogens with zero attached hydrogens (tertiary/aromatic N) is 4. The molecule has 0 spiro atoms. The molecule has 0 saturated carbocycles. The highest BCUT2D eigenvalue weighted by atomic mass is 16.5. The van der Waals surface area contributed by atoms with Crippen molar-refractivity contribution >= 4 is 33.2 Å². The molecular formula is C58H68N4O. The number of aromatic nitrogens is 2. The van der Waals surface area contributed by atoms with Crippen molar-refractivity contribution in [2.75, 3.05) is 16.5 Å². The topological polar surface area (TPSA) is 33.5 Å². The SMILES string of the molecule is [2H]C1=C([2H])N(c2cc(C(C)(C)C)cc(C(C)(C)C)c2)CN1c1cc(Oc2ccc3c4ccccc4n(-c4cc(-c5ccc(C(C)(C)C)cc5)c(C(C)(C)C)cn4)c3c2)cc(C(C)(C)C)c1. The van der Waals surface area contributed by atoms with Crippen LogP contribution < -0.4 is 14.5 Å². The second kappa shape index (κ2) is 15.5. The van der Waals surface area contributed by atoms with Crippen LogP contribution in [0.25, 0.3) is 38.8 Å². The van der Waals surface area contributed by atoms with Gasteiger partial charge in [0.2, 0.25) is 0 Å². The number of rotatable bonds is 6. The molecule has 5 aromatic carbocycles. The molecule has 0 bridgehead atoms. The summed E-state index contributed by atoms with van der Waals surface area (Å²) in [6.07, 6.45) is 2.39. The summed E-state index contributed by atoms with van der Waals surface area (Å²) >= 11 is 0. The van der Waals surface area contributed by atoms with Gasteiger partial charge in [-0.05, 0) is 115 Å². The molecule has 5 heteroatoms. The number of anilines is 2. The zero-order valence-corrected chi connectivity index (χ0v) is 40.4. The third kappa shape index (κ3) is 8.90. The van der Waals surface area contributed by atoms with Gasteiger partial charge in [0.15, 0.2) is 0 Å². The maximum Gasteiger partial charge on any atom is 0.138 e. The number of fused-ring (bicyclic) bond motifs is 3. The number of para-hydroxylation sites is 1. The Morgan fingerprint density at radius 2 is 1.03 bits per heavy atom. The summed E-state index contributed by atoms with van der Waals surface area (Å²) in [7, 11) is 0. The molecule has 326 valence electrons. The average molecular weight is 839 g/mol. The molecule has 0 N–H and O–H groups in total. The minimum absolute atomic E-state index is 0.0610. The van der Waals surface area contributed by atoms with E-state index in [4.69, 9.17) is 9.72 Å². The van der Waals surface area contributed by atoms with Gasteiger partial charge in [0.25, 0.3) is 0 Å². The molecule has 63 heavy (non-hydrogen) atoms. The number of benzene rings is 5. The summed E-state index contributed by atoms with van der Waals surface area (Å²) < 4.78 is 27.7. The number of ether oxygens (including phenoxy) is 1. The largest absolute Gasteiger partial charge is 0.457 e. The van der Waals surface area contributed by atoms with Crippen LogP contribution in [0.2, 0.25) is 0 Å². The van der Waals surface area contributed by atoms with Crippen LogP contribution >= 0.6 is 0 Å². The van der Waals surface area contributed by atoms with Crippen molar-refractivity contribution in [3.8, 4) is 28.4 Å². The first kappa shape index (κ1) is 41.2. The van der Waals surface area contributed by atoms with Crippen molar-refractivity contribution in [3.05, 3.63) is 156 Å². The molecule has 0 amide bonds. The van der Waals surface area contributed by atoms with Crippen LogP contribution in [0.3, 0.4) is 0 Å². The lowest BCUT2D eigenvalue weighted by Gasteiger charge is -2.29. The van der Waals surface area contributed by atoms with Gasteiger partial charge < -0.3 is 14.5 Å². The molecule has 7 aromatic rings. The molecule has 0 fully saturated rings. The summed E-state index contributed by atoms with van der Waals surface area (Å²) in [5.74, 6) is 2.21. The Kier molecular flexibility index (Phi) is 10.1. The van der Waals surface area contributed by atoms with Crippen LogP contribution in [0.5, 0.6) is 11.5 Å². The highest BCUT2D eigenvalue weighted by Crippen LogP contribution is 2.41. The van der Waals surface area contributed by atoms with E-state index in [1.54, 1.807) is 0 Å². The Morgan fingerprint density at radius 3 is 1.60 bits per heavy atom. The van der Waals surface area contributed by atoms with Gasteiger partial charge in [-0.3, -0.25) is 4.57 Å². The molecule has 1 aliphatic heterocycles. The fraction of sp³-hybridized carbons (Fsp3) is 0.362. The Morgan fingerprint density at radius 1 is 0.492 bits per heavy atom. The van der Waals surface area contributed by atoms with E-state index in [2.05, 4.69) is 212 Å². The lowest BCUT2D eigenvalue weighted by molar-refractivity contribution is 0.479. The van der Waals surface area contributed by atoms with Crippen LogP contribution in [-0.4, -0.2) is 16.2 Å². The monoisotopic (exact) mass is 839 g/mol. The minimum Gasteiger partial charge on any atom is -0.457 e. The number of hydrogen-bond acceptors (Lipinski definition) is 4. The maximum absolute atomic E-state index is 9.31. The van der Waals surface area contributed by atoms with Crippen molar-refractivity contribution in [2.45, 2.75) is 131 Å².